The van der Waals surface area contributed by atoms with Gasteiger partial charge in [0.1, 0.15) is 0 Å². The first-order valence-electron chi connectivity index (χ1n) is 18.2. The molecule has 0 radical (unpaired) electrons. The monoisotopic (exact) mass is 579 g/mol. The Balaban J connectivity index is 3.18. The molecule has 0 saturated carbocycles. The molecule has 0 aliphatic rings. The Bertz CT molecular complexity index is 571. The third-order valence-corrected chi connectivity index (χ3v) is 8.19. The van der Waals surface area contributed by atoms with Crippen molar-refractivity contribution in [1.29, 1.82) is 0 Å². The Kier molecular flexibility index (Phi) is 33.8. The Morgan fingerprint density at radius 3 is 1.22 bits per heavy atom. The molecule has 0 amide bonds. The number of unbranched alkanes of at least 4 members (excludes halogenated alkanes) is 26. The first-order valence-corrected chi connectivity index (χ1v) is 18.2. The van der Waals surface area contributed by atoms with Crippen molar-refractivity contribution in [2.75, 3.05) is 6.61 Å². The van der Waals surface area contributed by atoms with Crippen LogP contribution in [-0.2, 0) is 14.3 Å². The molecule has 0 aliphatic heterocycles. The Morgan fingerprint density at radius 1 is 0.463 bits per heavy atom. The molecule has 0 saturated heterocycles. The molecule has 1 N–H and O–H groups in total. The minimum Gasteiger partial charge on any atom is -0.481 e. The van der Waals surface area contributed by atoms with Crippen LogP contribution >= 0.6 is 0 Å². The normalized spacial score (nSPS) is 11.4. The van der Waals surface area contributed by atoms with E-state index in [0.717, 1.165) is 44.9 Å². The Hall–Kier alpha value is -1.32. The van der Waals surface area contributed by atoms with Crippen molar-refractivity contribution in [3.8, 4) is 0 Å². The average Bonchev–Trinajstić information content (AvgIpc) is 2.96. The van der Waals surface area contributed by atoms with Crippen molar-refractivity contribution >= 4 is 11.9 Å². The second-order valence-electron chi connectivity index (χ2n) is 12.4. The van der Waals surface area contributed by atoms with Gasteiger partial charge in [0, 0.05) is 12.8 Å². The zero-order chi connectivity index (χ0) is 29.9. The maximum absolute atomic E-state index is 11.9. The fraction of sp³-hybridized carbons (Fsp3) is 0.892. The van der Waals surface area contributed by atoms with Crippen molar-refractivity contribution in [2.45, 2.75) is 206 Å². The van der Waals surface area contributed by atoms with E-state index in [1.807, 2.05) is 0 Å². The third kappa shape index (κ3) is 36.7. The highest BCUT2D eigenvalue weighted by atomic mass is 16.5. The van der Waals surface area contributed by atoms with Crippen molar-refractivity contribution in [3.05, 3.63) is 12.2 Å². The van der Waals surface area contributed by atoms with Gasteiger partial charge in [-0.3, -0.25) is 9.59 Å². The number of hydrogen-bond donors (Lipinski definition) is 1. The van der Waals surface area contributed by atoms with Crippen LogP contribution in [0.2, 0.25) is 0 Å². The molecule has 4 heteroatoms. The highest BCUT2D eigenvalue weighted by Crippen LogP contribution is 2.14. The van der Waals surface area contributed by atoms with Gasteiger partial charge >= 0.3 is 11.9 Å². The van der Waals surface area contributed by atoms with E-state index in [-0.39, 0.29) is 5.97 Å². The largest absolute Gasteiger partial charge is 0.481 e. The van der Waals surface area contributed by atoms with E-state index in [4.69, 9.17) is 9.84 Å². The molecular formula is C37H70O4. The number of carboxylic acid groups (broad SMARTS) is 1. The summed E-state index contributed by atoms with van der Waals surface area (Å²) in [5, 5.41) is 8.62. The molecule has 0 bridgehead atoms. The molecule has 242 valence electrons. The van der Waals surface area contributed by atoms with Crippen LogP contribution in [-0.4, -0.2) is 23.7 Å². The summed E-state index contributed by atoms with van der Waals surface area (Å²) in [6.07, 6.45) is 42.3. The lowest BCUT2D eigenvalue weighted by molar-refractivity contribution is -0.144. The first-order chi connectivity index (χ1) is 20.2. The lowest BCUT2D eigenvalue weighted by Crippen LogP contribution is -2.05. The van der Waals surface area contributed by atoms with Gasteiger partial charge in [-0.1, -0.05) is 160 Å². The van der Waals surface area contributed by atoms with Crippen molar-refractivity contribution in [3.63, 3.8) is 0 Å². The molecule has 4 nitrogen and oxygen atoms in total. The highest BCUT2D eigenvalue weighted by molar-refractivity contribution is 5.69. The second kappa shape index (κ2) is 34.9. The summed E-state index contributed by atoms with van der Waals surface area (Å²) in [5.41, 5.74) is 0. The number of carbonyl (C=O) groups is 2. The minimum absolute atomic E-state index is 0.0128. The van der Waals surface area contributed by atoms with Gasteiger partial charge in [-0.2, -0.15) is 0 Å². The summed E-state index contributed by atoms with van der Waals surface area (Å²) in [5.74, 6) is -0.693. The standard InChI is InChI=1S/C37H70O4/c1-2-3-4-5-6-7-8-9-10-11-12-13-14-15-16-17-18-22-25-28-31-34-37(40)41-35-32-29-26-23-20-19-21-24-27-30-33-36(38)39/h9-10H,2-8,11-35H2,1H3,(H,38,39). The van der Waals surface area contributed by atoms with Crippen LogP contribution < -0.4 is 0 Å². The molecule has 0 aromatic carbocycles. The van der Waals surface area contributed by atoms with Gasteiger partial charge < -0.3 is 9.84 Å². The fourth-order valence-electron chi connectivity index (χ4n) is 5.45. The van der Waals surface area contributed by atoms with Gasteiger partial charge in [0.2, 0.25) is 0 Å². The zero-order valence-electron chi connectivity index (χ0n) is 27.5. The highest BCUT2D eigenvalue weighted by Gasteiger charge is 2.03. The van der Waals surface area contributed by atoms with Crippen LogP contribution in [0.15, 0.2) is 12.2 Å². The zero-order valence-corrected chi connectivity index (χ0v) is 27.5. The van der Waals surface area contributed by atoms with Gasteiger partial charge in [0.15, 0.2) is 0 Å². The molecule has 0 aromatic rings. The fourth-order valence-corrected chi connectivity index (χ4v) is 5.45. The SMILES string of the molecule is CCCCCCCCC=CCCCCCCCCCCCCCC(=O)OCCCCCCCCCCCCC(=O)O. The van der Waals surface area contributed by atoms with E-state index in [1.54, 1.807) is 0 Å². The maximum Gasteiger partial charge on any atom is 0.305 e. The summed E-state index contributed by atoms with van der Waals surface area (Å²) in [6.45, 7) is 2.86. The molecule has 0 rings (SSSR count). The van der Waals surface area contributed by atoms with Crippen molar-refractivity contribution in [1.82, 2.24) is 0 Å². The number of carboxylic acids is 1. The summed E-state index contributed by atoms with van der Waals surface area (Å²) >= 11 is 0. The number of ether oxygens (including phenoxy) is 1. The van der Waals surface area contributed by atoms with Crippen LogP contribution in [0.5, 0.6) is 0 Å². The average molecular weight is 579 g/mol. The molecule has 0 fully saturated rings. The first kappa shape index (κ1) is 39.7. The maximum atomic E-state index is 11.9. The quantitative estimate of drug-likeness (QED) is 0.0468. The third-order valence-electron chi connectivity index (χ3n) is 8.19. The lowest BCUT2D eigenvalue weighted by atomic mass is 10.0. The molecular weight excluding hydrogens is 508 g/mol. The van der Waals surface area contributed by atoms with E-state index >= 15 is 0 Å². The summed E-state index contributed by atoms with van der Waals surface area (Å²) in [6, 6.07) is 0. The smallest absolute Gasteiger partial charge is 0.305 e. The van der Waals surface area contributed by atoms with Crippen LogP contribution in [0, 0.1) is 0 Å². The topological polar surface area (TPSA) is 63.6 Å². The summed E-state index contributed by atoms with van der Waals surface area (Å²) < 4.78 is 5.40. The molecule has 41 heavy (non-hydrogen) atoms. The van der Waals surface area contributed by atoms with E-state index in [0.29, 0.717) is 19.4 Å². The van der Waals surface area contributed by atoms with E-state index in [2.05, 4.69) is 19.1 Å². The molecule has 0 spiro atoms. The van der Waals surface area contributed by atoms with Gasteiger partial charge in [-0.05, 0) is 44.9 Å². The predicted octanol–water partition coefficient (Wildman–Crippen LogP) is 12.3. The Morgan fingerprint density at radius 2 is 0.805 bits per heavy atom. The lowest BCUT2D eigenvalue weighted by Gasteiger charge is -2.06. The van der Waals surface area contributed by atoms with Crippen molar-refractivity contribution < 1.29 is 19.4 Å². The molecule has 0 aromatic heterocycles. The van der Waals surface area contributed by atoms with Crippen LogP contribution in [0.25, 0.3) is 0 Å². The molecule has 0 unspecified atom stereocenters. The predicted molar refractivity (Wildman–Crippen MR) is 177 cm³/mol. The van der Waals surface area contributed by atoms with E-state index in [9.17, 15) is 9.59 Å². The van der Waals surface area contributed by atoms with E-state index in [1.165, 1.54) is 141 Å². The summed E-state index contributed by atoms with van der Waals surface area (Å²) in [7, 11) is 0. The van der Waals surface area contributed by atoms with E-state index < -0.39 is 5.97 Å². The number of aliphatic carboxylic acids is 1. The van der Waals surface area contributed by atoms with Gasteiger partial charge in [0.25, 0.3) is 0 Å². The number of carbonyl (C=O) groups excluding carboxylic acids is 1. The van der Waals surface area contributed by atoms with Crippen LogP contribution in [0.4, 0.5) is 0 Å². The number of allylic oxidation sites excluding steroid dienone is 2. The van der Waals surface area contributed by atoms with Gasteiger partial charge in [-0.15, -0.1) is 0 Å². The van der Waals surface area contributed by atoms with Crippen LogP contribution in [0.1, 0.15) is 206 Å². The molecule has 0 atom stereocenters. The Labute approximate surface area is 255 Å². The van der Waals surface area contributed by atoms with Gasteiger partial charge in [-0.25, -0.2) is 0 Å². The minimum atomic E-state index is -0.680. The molecule has 0 aliphatic carbocycles. The number of hydrogen-bond acceptors (Lipinski definition) is 3. The molecule has 0 heterocycles. The number of esters is 1. The van der Waals surface area contributed by atoms with Gasteiger partial charge in [0.05, 0.1) is 6.61 Å². The summed E-state index contributed by atoms with van der Waals surface area (Å²) in [4.78, 5) is 22.4. The second-order valence-corrected chi connectivity index (χ2v) is 12.4. The van der Waals surface area contributed by atoms with Crippen molar-refractivity contribution in [2.24, 2.45) is 0 Å². The number of rotatable bonds is 34. The van der Waals surface area contributed by atoms with Crippen LogP contribution in [0.3, 0.4) is 0 Å².